The summed E-state index contributed by atoms with van der Waals surface area (Å²) in [7, 11) is -2.13. The monoisotopic (exact) mass is 461 g/mol. The predicted octanol–water partition coefficient (Wildman–Crippen LogP) is 1.33. The number of hydrogen-bond donors (Lipinski definition) is 2. The van der Waals surface area contributed by atoms with E-state index in [4.69, 9.17) is 4.74 Å². The number of benzene rings is 2. The summed E-state index contributed by atoms with van der Waals surface area (Å²) in [5, 5.41) is 12.3. The first-order chi connectivity index (χ1) is 15.3. The van der Waals surface area contributed by atoms with E-state index in [1.807, 2.05) is 0 Å². The third-order valence-electron chi connectivity index (χ3n) is 5.27. The van der Waals surface area contributed by atoms with Gasteiger partial charge < -0.3 is 20.1 Å². The zero-order valence-corrected chi connectivity index (χ0v) is 18.7. The zero-order chi connectivity index (χ0) is 23.1. The number of aromatic hydroxyl groups is 1. The summed E-state index contributed by atoms with van der Waals surface area (Å²) < 4.78 is 31.8. The van der Waals surface area contributed by atoms with Gasteiger partial charge in [-0.2, -0.15) is 4.31 Å². The zero-order valence-electron chi connectivity index (χ0n) is 17.9. The van der Waals surface area contributed by atoms with Crippen LogP contribution in [0.4, 0.5) is 0 Å². The van der Waals surface area contributed by atoms with Crippen molar-refractivity contribution in [1.82, 2.24) is 14.5 Å². The molecule has 0 unspecified atom stereocenters. The first kappa shape index (κ1) is 23.6. The van der Waals surface area contributed by atoms with Crippen LogP contribution in [0.3, 0.4) is 0 Å². The molecule has 0 atom stereocenters. The third kappa shape index (κ3) is 5.77. The second-order valence-electron chi connectivity index (χ2n) is 7.38. The molecule has 172 valence electrons. The molecule has 2 aromatic carbocycles. The third-order valence-corrected chi connectivity index (χ3v) is 7.18. The molecule has 32 heavy (non-hydrogen) atoms. The molecule has 1 aliphatic rings. The Labute approximate surface area is 187 Å². The summed E-state index contributed by atoms with van der Waals surface area (Å²) in [5.41, 5.74) is 0.759. The van der Waals surface area contributed by atoms with Gasteiger partial charge in [-0.05, 0) is 29.8 Å². The summed E-state index contributed by atoms with van der Waals surface area (Å²) in [6.07, 6.45) is 0.0900. The number of sulfonamides is 1. The molecule has 1 heterocycles. The van der Waals surface area contributed by atoms with Crippen LogP contribution >= 0.6 is 0 Å². The lowest BCUT2D eigenvalue weighted by atomic mass is 10.2. The topological polar surface area (TPSA) is 116 Å². The molecule has 0 aromatic heterocycles. The summed E-state index contributed by atoms with van der Waals surface area (Å²) >= 11 is 0. The molecule has 0 aliphatic carbocycles. The van der Waals surface area contributed by atoms with Crippen molar-refractivity contribution in [3.05, 3.63) is 54.1 Å². The van der Waals surface area contributed by atoms with Gasteiger partial charge in [0.25, 0.3) is 0 Å². The van der Waals surface area contributed by atoms with E-state index in [0.717, 1.165) is 5.56 Å². The molecule has 2 N–H and O–H groups in total. The van der Waals surface area contributed by atoms with Crippen LogP contribution in [0, 0.1) is 0 Å². The Hall–Kier alpha value is -3.11. The number of carbonyl (C=O) groups is 2. The van der Waals surface area contributed by atoms with Crippen molar-refractivity contribution in [2.75, 3.05) is 33.3 Å². The van der Waals surface area contributed by atoms with Crippen molar-refractivity contribution < 1.29 is 27.9 Å². The summed E-state index contributed by atoms with van der Waals surface area (Å²) in [6, 6.07) is 13.0. The SMILES string of the molecule is COc1cc(CNC(=O)CCC(=O)N2CCN(S(=O)(=O)c3ccccc3)CC2)ccc1O. The van der Waals surface area contributed by atoms with Crippen molar-refractivity contribution in [3.63, 3.8) is 0 Å². The van der Waals surface area contributed by atoms with Crippen LogP contribution in [0.5, 0.6) is 11.5 Å². The predicted molar refractivity (Wildman–Crippen MR) is 118 cm³/mol. The minimum Gasteiger partial charge on any atom is -0.504 e. The molecular formula is C22H27N3O6S. The number of phenolic OH excluding ortho intramolecular Hbond substituents is 1. The second kappa shape index (κ2) is 10.5. The standard InChI is InChI=1S/C22H27N3O6S/c1-31-20-15-17(7-8-19(20)26)16-23-21(27)9-10-22(28)24-11-13-25(14-12-24)32(29,30)18-5-3-2-4-6-18/h2-8,15,26H,9-14,16H2,1H3,(H,23,27). The first-order valence-corrected chi connectivity index (χ1v) is 11.7. The van der Waals surface area contributed by atoms with Crippen molar-refractivity contribution in [2.45, 2.75) is 24.3 Å². The fourth-order valence-corrected chi connectivity index (χ4v) is 4.86. The molecule has 0 saturated carbocycles. The number of piperazine rings is 1. The van der Waals surface area contributed by atoms with Crippen molar-refractivity contribution >= 4 is 21.8 Å². The number of rotatable bonds is 8. The molecule has 2 aromatic rings. The molecule has 1 aliphatic heterocycles. The van der Waals surface area contributed by atoms with E-state index in [2.05, 4.69) is 5.32 Å². The molecule has 0 radical (unpaired) electrons. The molecule has 0 bridgehead atoms. The Morgan fingerprint density at radius 1 is 1.03 bits per heavy atom. The number of carbonyl (C=O) groups excluding carboxylic acids is 2. The van der Waals surface area contributed by atoms with Gasteiger partial charge in [0.1, 0.15) is 0 Å². The molecule has 1 saturated heterocycles. The molecule has 10 heteroatoms. The van der Waals surface area contributed by atoms with Crippen molar-refractivity contribution in [3.8, 4) is 11.5 Å². The number of phenols is 1. The van der Waals surface area contributed by atoms with Gasteiger partial charge in [0.2, 0.25) is 21.8 Å². The molecule has 9 nitrogen and oxygen atoms in total. The van der Waals surface area contributed by atoms with Crippen molar-refractivity contribution in [1.29, 1.82) is 0 Å². The average Bonchev–Trinajstić information content (AvgIpc) is 2.82. The van der Waals surface area contributed by atoms with Crippen LogP contribution in [0.1, 0.15) is 18.4 Å². The summed E-state index contributed by atoms with van der Waals surface area (Å²) in [4.78, 5) is 26.4. The maximum Gasteiger partial charge on any atom is 0.243 e. The van der Waals surface area contributed by atoms with Crippen LogP contribution in [0.2, 0.25) is 0 Å². The maximum absolute atomic E-state index is 12.7. The van der Waals surface area contributed by atoms with Gasteiger partial charge in [-0.1, -0.05) is 24.3 Å². The number of hydrogen-bond acceptors (Lipinski definition) is 6. The van der Waals surface area contributed by atoms with Gasteiger partial charge in [0.15, 0.2) is 11.5 Å². The van der Waals surface area contributed by atoms with Crippen LogP contribution in [-0.2, 0) is 26.2 Å². The van der Waals surface area contributed by atoms with Gasteiger partial charge in [0.05, 0.1) is 12.0 Å². The smallest absolute Gasteiger partial charge is 0.243 e. The molecule has 0 spiro atoms. The number of ether oxygens (including phenoxy) is 1. The van der Waals surface area contributed by atoms with Gasteiger partial charge in [-0.3, -0.25) is 9.59 Å². The highest BCUT2D eigenvalue weighted by Gasteiger charge is 2.29. The Bertz CT molecular complexity index is 1050. The van der Waals surface area contributed by atoms with Crippen molar-refractivity contribution in [2.24, 2.45) is 0 Å². The lowest BCUT2D eigenvalue weighted by Crippen LogP contribution is -2.50. The fourth-order valence-electron chi connectivity index (χ4n) is 3.42. The van der Waals surface area contributed by atoms with Gasteiger partial charge >= 0.3 is 0 Å². The highest BCUT2D eigenvalue weighted by molar-refractivity contribution is 7.89. The average molecular weight is 462 g/mol. The lowest BCUT2D eigenvalue weighted by molar-refractivity contribution is -0.134. The molecule has 2 amide bonds. The van der Waals surface area contributed by atoms with Crippen LogP contribution in [0.25, 0.3) is 0 Å². The highest BCUT2D eigenvalue weighted by atomic mass is 32.2. The summed E-state index contributed by atoms with van der Waals surface area (Å²) in [5.74, 6) is -0.107. The first-order valence-electron chi connectivity index (χ1n) is 10.3. The summed E-state index contributed by atoms with van der Waals surface area (Å²) in [6.45, 7) is 1.27. The maximum atomic E-state index is 12.7. The van der Waals surface area contributed by atoms with E-state index in [1.54, 1.807) is 47.4 Å². The second-order valence-corrected chi connectivity index (χ2v) is 9.32. The number of nitrogens with one attached hydrogen (secondary N) is 1. The number of amides is 2. The van der Waals surface area contributed by atoms with E-state index in [1.165, 1.54) is 17.5 Å². The van der Waals surface area contributed by atoms with Gasteiger partial charge in [-0.15, -0.1) is 0 Å². The largest absolute Gasteiger partial charge is 0.504 e. The number of methoxy groups -OCH3 is 1. The van der Waals surface area contributed by atoms with Gasteiger partial charge in [0, 0.05) is 45.6 Å². The van der Waals surface area contributed by atoms with E-state index < -0.39 is 10.0 Å². The Balaban J connectivity index is 1.42. The Kier molecular flexibility index (Phi) is 7.70. The number of nitrogens with zero attached hydrogens (tertiary/aromatic N) is 2. The van der Waals surface area contributed by atoms with Gasteiger partial charge in [-0.25, -0.2) is 8.42 Å². The van der Waals surface area contributed by atoms with E-state index >= 15 is 0 Å². The quantitative estimate of drug-likeness (QED) is 0.613. The minimum atomic E-state index is -3.57. The van der Waals surface area contributed by atoms with Crippen LogP contribution in [0.15, 0.2) is 53.4 Å². The highest BCUT2D eigenvalue weighted by Crippen LogP contribution is 2.26. The minimum absolute atomic E-state index is 0.0184. The fraction of sp³-hybridized carbons (Fsp3) is 0.364. The molecular weight excluding hydrogens is 434 g/mol. The van der Waals surface area contributed by atoms with Crippen LogP contribution < -0.4 is 10.1 Å². The lowest BCUT2D eigenvalue weighted by Gasteiger charge is -2.34. The molecule has 1 fully saturated rings. The van der Waals surface area contributed by atoms with E-state index in [-0.39, 0.29) is 54.9 Å². The Morgan fingerprint density at radius 2 is 1.72 bits per heavy atom. The molecule has 3 rings (SSSR count). The normalized spacial score (nSPS) is 14.7. The van der Waals surface area contributed by atoms with E-state index in [0.29, 0.717) is 18.8 Å². The van der Waals surface area contributed by atoms with Crippen LogP contribution in [-0.4, -0.2) is 67.8 Å². The Morgan fingerprint density at radius 3 is 2.38 bits per heavy atom. The van der Waals surface area contributed by atoms with E-state index in [9.17, 15) is 23.1 Å².